The van der Waals surface area contributed by atoms with Crippen LogP contribution in [0.15, 0.2) is 12.1 Å². The molecule has 0 spiro atoms. The second-order valence-electron chi connectivity index (χ2n) is 3.60. The standard InChI is InChI=1S/C11H16O3S/c1-8-6-7-10(15-8)9(12)4-2-3-5-11(13)14/h6-7,9,12H,2-5H2,1H3,(H,13,14). The highest BCUT2D eigenvalue weighted by atomic mass is 32.1. The zero-order valence-electron chi connectivity index (χ0n) is 8.77. The Balaban J connectivity index is 2.24. The third kappa shape index (κ3) is 4.44. The van der Waals surface area contributed by atoms with Crippen molar-refractivity contribution in [1.82, 2.24) is 0 Å². The second kappa shape index (κ2) is 5.88. The molecule has 0 saturated heterocycles. The molecule has 3 nitrogen and oxygen atoms in total. The summed E-state index contributed by atoms with van der Waals surface area (Å²) < 4.78 is 0. The number of aryl methyl sites for hydroxylation is 1. The van der Waals surface area contributed by atoms with Gasteiger partial charge in [-0.25, -0.2) is 0 Å². The normalized spacial score (nSPS) is 12.7. The average molecular weight is 228 g/mol. The number of aliphatic carboxylic acids is 1. The highest BCUT2D eigenvalue weighted by Crippen LogP contribution is 2.26. The number of thiophene rings is 1. The van der Waals surface area contributed by atoms with Gasteiger partial charge in [0.15, 0.2) is 0 Å². The molecule has 1 heterocycles. The van der Waals surface area contributed by atoms with Crippen LogP contribution < -0.4 is 0 Å². The van der Waals surface area contributed by atoms with Gasteiger partial charge in [0.2, 0.25) is 0 Å². The molecule has 0 saturated carbocycles. The van der Waals surface area contributed by atoms with Crippen LogP contribution in [0.25, 0.3) is 0 Å². The number of unbranched alkanes of at least 4 members (excludes halogenated alkanes) is 1. The SMILES string of the molecule is Cc1ccc(C(O)CCCCC(=O)O)s1. The van der Waals surface area contributed by atoms with Crippen LogP contribution in [0.1, 0.15) is 41.5 Å². The van der Waals surface area contributed by atoms with Crippen molar-refractivity contribution in [1.29, 1.82) is 0 Å². The van der Waals surface area contributed by atoms with E-state index in [2.05, 4.69) is 0 Å². The summed E-state index contributed by atoms with van der Waals surface area (Å²) in [5.74, 6) is -0.767. The van der Waals surface area contributed by atoms with E-state index in [-0.39, 0.29) is 6.42 Å². The predicted octanol–water partition coefficient (Wildman–Crippen LogP) is 2.73. The molecule has 0 aliphatic carbocycles. The Morgan fingerprint density at radius 3 is 2.73 bits per heavy atom. The summed E-state index contributed by atoms with van der Waals surface area (Å²) in [6.45, 7) is 2.01. The van der Waals surface area contributed by atoms with E-state index in [0.29, 0.717) is 12.8 Å². The van der Waals surface area contributed by atoms with Crippen molar-refractivity contribution in [3.05, 3.63) is 21.9 Å². The first-order valence-electron chi connectivity index (χ1n) is 5.06. The fourth-order valence-electron chi connectivity index (χ4n) is 1.39. The van der Waals surface area contributed by atoms with Crippen molar-refractivity contribution in [2.75, 3.05) is 0 Å². The van der Waals surface area contributed by atoms with Gasteiger partial charge in [-0.1, -0.05) is 0 Å². The number of aliphatic hydroxyl groups is 1. The summed E-state index contributed by atoms with van der Waals surface area (Å²) in [6, 6.07) is 3.92. The lowest BCUT2D eigenvalue weighted by Crippen LogP contribution is -1.97. The van der Waals surface area contributed by atoms with Crippen molar-refractivity contribution in [3.8, 4) is 0 Å². The number of hydrogen-bond acceptors (Lipinski definition) is 3. The summed E-state index contributed by atoms with van der Waals surface area (Å²) in [5, 5.41) is 18.2. The maximum absolute atomic E-state index is 10.3. The monoisotopic (exact) mass is 228 g/mol. The Morgan fingerprint density at radius 1 is 1.47 bits per heavy atom. The third-order valence-electron chi connectivity index (χ3n) is 2.21. The zero-order valence-corrected chi connectivity index (χ0v) is 9.59. The van der Waals surface area contributed by atoms with Gasteiger partial charge in [0.05, 0.1) is 6.10 Å². The largest absolute Gasteiger partial charge is 0.481 e. The molecule has 0 amide bonds. The molecule has 1 unspecified atom stereocenters. The van der Waals surface area contributed by atoms with Crippen molar-refractivity contribution in [3.63, 3.8) is 0 Å². The van der Waals surface area contributed by atoms with E-state index < -0.39 is 12.1 Å². The zero-order chi connectivity index (χ0) is 11.3. The molecular weight excluding hydrogens is 212 g/mol. The van der Waals surface area contributed by atoms with Crippen LogP contribution in [0.3, 0.4) is 0 Å². The van der Waals surface area contributed by atoms with Gasteiger partial charge in [-0.15, -0.1) is 11.3 Å². The van der Waals surface area contributed by atoms with Crippen LogP contribution in [0.2, 0.25) is 0 Å². The van der Waals surface area contributed by atoms with Crippen LogP contribution in [-0.4, -0.2) is 16.2 Å². The van der Waals surface area contributed by atoms with Crippen LogP contribution in [-0.2, 0) is 4.79 Å². The van der Waals surface area contributed by atoms with Crippen LogP contribution in [0.4, 0.5) is 0 Å². The highest BCUT2D eigenvalue weighted by Gasteiger charge is 2.09. The lowest BCUT2D eigenvalue weighted by molar-refractivity contribution is -0.137. The molecule has 0 fully saturated rings. The fourth-order valence-corrected chi connectivity index (χ4v) is 2.29. The second-order valence-corrected chi connectivity index (χ2v) is 4.92. The number of aliphatic hydroxyl groups excluding tert-OH is 1. The molecule has 0 bridgehead atoms. The minimum atomic E-state index is -0.767. The summed E-state index contributed by atoms with van der Waals surface area (Å²) in [5.41, 5.74) is 0. The van der Waals surface area contributed by atoms with Crippen molar-refractivity contribution < 1.29 is 15.0 Å². The molecular formula is C11H16O3S. The van der Waals surface area contributed by atoms with Gasteiger partial charge in [-0.3, -0.25) is 4.79 Å². The summed E-state index contributed by atoms with van der Waals surface area (Å²) >= 11 is 1.59. The number of carboxylic acids is 1. The lowest BCUT2D eigenvalue weighted by atomic mass is 10.1. The highest BCUT2D eigenvalue weighted by molar-refractivity contribution is 7.11. The molecule has 4 heteroatoms. The first-order chi connectivity index (χ1) is 7.09. The molecule has 1 atom stereocenters. The Hall–Kier alpha value is -0.870. The molecule has 1 aromatic rings. The number of rotatable bonds is 6. The van der Waals surface area contributed by atoms with Gasteiger partial charge in [-0.2, -0.15) is 0 Å². The predicted molar refractivity (Wildman–Crippen MR) is 60.1 cm³/mol. The first kappa shape index (κ1) is 12.2. The number of hydrogen-bond donors (Lipinski definition) is 2. The van der Waals surface area contributed by atoms with E-state index in [1.807, 2.05) is 19.1 Å². The Kier molecular flexibility index (Phi) is 4.78. The Morgan fingerprint density at radius 2 is 2.20 bits per heavy atom. The van der Waals surface area contributed by atoms with E-state index in [0.717, 1.165) is 11.3 Å². The Labute approximate surface area is 93.4 Å². The van der Waals surface area contributed by atoms with Gasteiger partial charge < -0.3 is 10.2 Å². The number of carbonyl (C=O) groups is 1. The molecule has 0 aromatic carbocycles. The van der Waals surface area contributed by atoms with Crippen LogP contribution in [0.5, 0.6) is 0 Å². The molecule has 0 aliphatic rings. The van der Waals surface area contributed by atoms with Gasteiger partial charge >= 0.3 is 5.97 Å². The van der Waals surface area contributed by atoms with Gasteiger partial charge in [0.25, 0.3) is 0 Å². The summed E-state index contributed by atoms with van der Waals surface area (Å²) in [6.07, 6.45) is 1.79. The summed E-state index contributed by atoms with van der Waals surface area (Å²) in [7, 11) is 0. The molecule has 84 valence electrons. The molecule has 1 aromatic heterocycles. The van der Waals surface area contributed by atoms with Crippen molar-refractivity contribution in [2.24, 2.45) is 0 Å². The summed E-state index contributed by atoms with van der Waals surface area (Å²) in [4.78, 5) is 12.4. The minimum absolute atomic E-state index is 0.191. The molecule has 0 aliphatic heterocycles. The molecule has 1 rings (SSSR count). The Bertz CT molecular complexity index is 319. The van der Waals surface area contributed by atoms with Crippen molar-refractivity contribution >= 4 is 17.3 Å². The number of carboxylic acid groups (broad SMARTS) is 1. The van der Waals surface area contributed by atoms with E-state index in [4.69, 9.17) is 5.11 Å². The smallest absolute Gasteiger partial charge is 0.303 e. The maximum Gasteiger partial charge on any atom is 0.303 e. The third-order valence-corrected chi connectivity index (χ3v) is 3.31. The molecule has 15 heavy (non-hydrogen) atoms. The topological polar surface area (TPSA) is 57.5 Å². The van der Waals surface area contributed by atoms with E-state index >= 15 is 0 Å². The van der Waals surface area contributed by atoms with Crippen molar-refractivity contribution in [2.45, 2.75) is 38.7 Å². The molecule has 0 radical (unpaired) electrons. The minimum Gasteiger partial charge on any atom is -0.481 e. The van der Waals surface area contributed by atoms with Gasteiger partial charge in [-0.05, 0) is 38.3 Å². The quantitative estimate of drug-likeness (QED) is 0.736. The van der Waals surface area contributed by atoms with E-state index in [1.165, 1.54) is 4.88 Å². The fraction of sp³-hybridized carbons (Fsp3) is 0.545. The van der Waals surface area contributed by atoms with Crippen LogP contribution >= 0.6 is 11.3 Å². The van der Waals surface area contributed by atoms with Crippen LogP contribution in [0, 0.1) is 6.92 Å². The average Bonchev–Trinajstić information content (AvgIpc) is 2.59. The first-order valence-corrected chi connectivity index (χ1v) is 5.87. The van der Waals surface area contributed by atoms with E-state index in [1.54, 1.807) is 11.3 Å². The lowest BCUT2D eigenvalue weighted by Gasteiger charge is -2.07. The van der Waals surface area contributed by atoms with Gasteiger partial charge in [0.1, 0.15) is 0 Å². The van der Waals surface area contributed by atoms with E-state index in [9.17, 15) is 9.90 Å². The maximum atomic E-state index is 10.3. The van der Waals surface area contributed by atoms with Gasteiger partial charge in [0, 0.05) is 16.2 Å². The molecule has 2 N–H and O–H groups in total.